The summed E-state index contributed by atoms with van der Waals surface area (Å²) in [6, 6.07) is 7.15. The van der Waals surface area contributed by atoms with Gasteiger partial charge in [-0.1, -0.05) is 0 Å². The van der Waals surface area contributed by atoms with Crippen molar-refractivity contribution in [3.05, 3.63) is 42.1 Å². The number of aryl methyl sites for hydroxylation is 1. The molecule has 2 aromatic heterocycles. The maximum Gasteiger partial charge on any atom is 0.490 e. The normalized spacial score (nSPS) is 21.9. The molecule has 152 valence electrons. The fraction of sp³-hybridized carbons (Fsp3) is 0.500. The predicted molar refractivity (Wildman–Crippen MR) is 93.7 cm³/mol. The smallest absolute Gasteiger partial charge is 0.475 e. The van der Waals surface area contributed by atoms with Crippen LogP contribution in [0, 0.1) is 6.92 Å². The number of furan rings is 1. The second kappa shape index (κ2) is 8.17. The van der Waals surface area contributed by atoms with Crippen molar-refractivity contribution in [2.75, 3.05) is 18.0 Å². The summed E-state index contributed by atoms with van der Waals surface area (Å²) < 4.78 is 37.5. The number of anilines is 1. The van der Waals surface area contributed by atoms with Crippen LogP contribution in [0.15, 0.2) is 35.0 Å². The highest BCUT2D eigenvalue weighted by Crippen LogP contribution is 2.34. The van der Waals surface area contributed by atoms with E-state index >= 15 is 0 Å². The van der Waals surface area contributed by atoms with Crippen LogP contribution in [0.2, 0.25) is 0 Å². The molecule has 0 spiro atoms. The number of hydrogen-bond donors (Lipinski definition) is 1. The van der Waals surface area contributed by atoms with Gasteiger partial charge >= 0.3 is 12.1 Å². The standard InChI is InChI=1S/C16H20N4O.C2HF3O2/c1-12-3-4-13(21-12)11-19-9-5-15-14(19)6-10-20(15)16-17-7-2-8-18-16;3-2(4,5)1(6)7/h2-4,7-8,14-15H,5-6,9-11H2,1H3;(H,6,7)/t14-,15+;/m1./s1. The van der Waals surface area contributed by atoms with Gasteiger partial charge in [0.05, 0.1) is 6.54 Å². The van der Waals surface area contributed by atoms with E-state index < -0.39 is 12.1 Å². The summed E-state index contributed by atoms with van der Waals surface area (Å²) in [6.07, 6.45) is 0.938. The van der Waals surface area contributed by atoms with Gasteiger partial charge in [0.25, 0.3) is 0 Å². The number of aromatic nitrogens is 2. The lowest BCUT2D eigenvalue weighted by molar-refractivity contribution is -0.192. The number of fused-ring (bicyclic) bond motifs is 1. The molecule has 0 saturated carbocycles. The Morgan fingerprint density at radius 2 is 1.86 bits per heavy atom. The molecule has 0 radical (unpaired) electrons. The molecule has 2 aliphatic rings. The second-order valence-electron chi connectivity index (χ2n) is 6.74. The molecule has 4 rings (SSSR count). The number of hydrogen-bond acceptors (Lipinski definition) is 6. The van der Waals surface area contributed by atoms with Crippen LogP contribution in [0.25, 0.3) is 0 Å². The van der Waals surface area contributed by atoms with Crippen LogP contribution in [0.3, 0.4) is 0 Å². The first-order valence-electron chi connectivity index (χ1n) is 8.89. The van der Waals surface area contributed by atoms with Crippen molar-refractivity contribution in [2.24, 2.45) is 0 Å². The number of halogens is 3. The van der Waals surface area contributed by atoms with E-state index in [2.05, 4.69) is 25.8 Å². The molecule has 0 bridgehead atoms. The number of carbonyl (C=O) groups is 1. The molecule has 0 aromatic carbocycles. The van der Waals surface area contributed by atoms with E-state index in [1.165, 1.54) is 12.8 Å². The van der Waals surface area contributed by atoms with Crippen LogP contribution in [0.4, 0.5) is 19.1 Å². The molecular formula is C18H21F3N4O3. The number of nitrogens with zero attached hydrogens (tertiary/aromatic N) is 4. The molecule has 2 fully saturated rings. The average Bonchev–Trinajstić information content (AvgIpc) is 3.34. The number of alkyl halides is 3. The highest BCUT2D eigenvalue weighted by molar-refractivity contribution is 5.73. The van der Waals surface area contributed by atoms with Crippen molar-refractivity contribution < 1.29 is 27.5 Å². The topological polar surface area (TPSA) is 82.7 Å². The summed E-state index contributed by atoms with van der Waals surface area (Å²) in [5, 5.41) is 7.12. The molecule has 0 aliphatic carbocycles. The van der Waals surface area contributed by atoms with Gasteiger partial charge in [0, 0.05) is 37.6 Å². The number of rotatable bonds is 3. The molecule has 10 heteroatoms. The Kier molecular flexibility index (Phi) is 5.87. The minimum absolute atomic E-state index is 0.545. The molecule has 4 heterocycles. The highest BCUT2D eigenvalue weighted by Gasteiger charge is 2.43. The third kappa shape index (κ3) is 4.61. The Morgan fingerprint density at radius 1 is 1.21 bits per heavy atom. The SMILES string of the molecule is Cc1ccc(CN2CC[C@H]3[C@H]2CCN3c2ncccn2)o1.O=C(O)C(F)(F)F. The molecule has 7 nitrogen and oxygen atoms in total. The third-order valence-electron chi connectivity index (χ3n) is 4.90. The van der Waals surface area contributed by atoms with E-state index in [-0.39, 0.29) is 0 Å². The summed E-state index contributed by atoms with van der Waals surface area (Å²) in [5.41, 5.74) is 0. The van der Waals surface area contributed by atoms with E-state index in [1.807, 2.05) is 31.5 Å². The van der Waals surface area contributed by atoms with Crippen molar-refractivity contribution in [2.45, 2.75) is 44.6 Å². The predicted octanol–water partition coefficient (Wildman–Crippen LogP) is 2.86. The van der Waals surface area contributed by atoms with E-state index in [4.69, 9.17) is 14.3 Å². The lowest BCUT2D eigenvalue weighted by Gasteiger charge is -2.25. The van der Waals surface area contributed by atoms with Gasteiger partial charge in [-0.2, -0.15) is 13.2 Å². The molecule has 0 unspecified atom stereocenters. The van der Waals surface area contributed by atoms with E-state index in [0.717, 1.165) is 37.1 Å². The lowest BCUT2D eigenvalue weighted by atomic mass is 10.1. The Bertz CT molecular complexity index is 797. The molecule has 0 amide bonds. The second-order valence-corrected chi connectivity index (χ2v) is 6.74. The van der Waals surface area contributed by atoms with Gasteiger partial charge in [-0.05, 0) is 38.0 Å². The zero-order valence-electron chi connectivity index (χ0n) is 15.3. The van der Waals surface area contributed by atoms with Crippen molar-refractivity contribution >= 4 is 11.9 Å². The number of likely N-dealkylation sites (tertiary alicyclic amines) is 1. The van der Waals surface area contributed by atoms with Crippen molar-refractivity contribution in [1.29, 1.82) is 0 Å². The van der Waals surface area contributed by atoms with Crippen LogP contribution < -0.4 is 4.90 Å². The number of carboxylic acid groups (broad SMARTS) is 1. The molecular weight excluding hydrogens is 377 g/mol. The Balaban J connectivity index is 0.000000279. The fourth-order valence-electron chi connectivity index (χ4n) is 3.73. The van der Waals surface area contributed by atoms with Crippen molar-refractivity contribution in [3.8, 4) is 0 Å². The third-order valence-corrected chi connectivity index (χ3v) is 4.90. The number of carboxylic acids is 1. The zero-order chi connectivity index (χ0) is 20.3. The van der Waals surface area contributed by atoms with Crippen LogP contribution in [-0.2, 0) is 11.3 Å². The van der Waals surface area contributed by atoms with Crippen LogP contribution in [0.1, 0.15) is 24.4 Å². The van der Waals surface area contributed by atoms with Gasteiger partial charge in [-0.3, -0.25) is 4.90 Å². The van der Waals surface area contributed by atoms with Gasteiger partial charge < -0.3 is 14.4 Å². The van der Waals surface area contributed by atoms with Gasteiger partial charge in [-0.15, -0.1) is 0 Å². The van der Waals surface area contributed by atoms with E-state index in [0.29, 0.717) is 12.1 Å². The van der Waals surface area contributed by atoms with E-state index in [9.17, 15) is 13.2 Å². The fourth-order valence-corrected chi connectivity index (χ4v) is 3.73. The molecule has 1 N–H and O–H groups in total. The zero-order valence-corrected chi connectivity index (χ0v) is 15.3. The molecule has 28 heavy (non-hydrogen) atoms. The van der Waals surface area contributed by atoms with Gasteiger partial charge in [-0.25, -0.2) is 14.8 Å². The first kappa shape index (κ1) is 20.1. The lowest BCUT2D eigenvalue weighted by Crippen LogP contribution is -2.36. The van der Waals surface area contributed by atoms with Crippen LogP contribution in [0.5, 0.6) is 0 Å². The number of aliphatic carboxylic acids is 1. The molecule has 2 aliphatic heterocycles. The van der Waals surface area contributed by atoms with Gasteiger partial charge in [0.2, 0.25) is 5.95 Å². The minimum Gasteiger partial charge on any atom is -0.475 e. The first-order valence-corrected chi connectivity index (χ1v) is 8.89. The Hall–Kier alpha value is -2.62. The van der Waals surface area contributed by atoms with Gasteiger partial charge in [0.15, 0.2) is 0 Å². The maximum atomic E-state index is 10.6. The first-order chi connectivity index (χ1) is 13.3. The molecule has 2 saturated heterocycles. The summed E-state index contributed by atoms with van der Waals surface area (Å²) >= 11 is 0. The van der Waals surface area contributed by atoms with Crippen LogP contribution in [-0.4, -0.2) is 57.3 Å². The highest BCUT2D eigenvalue weighted by atomic mass is 19.4. The summed E-state index contributed by atoms with van der Waals surface area (Å²) in [6.45, 7) is 5.09. The quantitative estimate of drug-likeness (QED) is 0.851. The summed E-state index contributed by atoms with van der Waals surface area (Å²) in [4.78, 5) is 22.6. The summed E-state index contributed by atoms with van der Waals surface area (Å²) in [5.74, 6) is 0.183. The maximum absolute atomic E-state index is 10.6. The van der Waals surface area contributed by atoms with Crippen molar-refractivity contribution in [3.63, 3.8) is 0 Å². The minimum atomic E-state index is -5.08. The average molecular weight is 398 g/mol. The Labute approximate surface area is 159 Å². The summed E-state index contributed by atoms with van der Waals surface area (Å²) in [7, 11) is 0. The Morgan fingerprint density at radius 3 is 2.43 bits per heavy atom. The monoisotopic (exact) mass is 398 g/mol. The van der Waals surface area contributed by atoms with E-state index in [1.54, 1.807) is 0 Å². The molecule has 2 atom stereocenters. The van der Waals surface area contributed by atoms with Crippen molar-refractivity contribution in [1.82, 2.24) is 14.9 Å². The molecule has 2 aromatic rings. The van der Waals surface area contributed by atoms with Gasteiger partial charge in [0.1, 0.15) is 11.5 Å². The largest absolute Gasteiger partial charge is 0.490 e. The van der Waals surface area contributed by atoms with Crippen LogP contribution >= 0.6 is 0 Å².